The van der Waals surface area contributed by atoms with E-state index in [-0.39, 0.29) is 11.0 Å². The maximum atomic E-state index is 11.5. The zero-order chi connectivity index (χ0) is 22.6. The van der Waals surface area contributed by atoms with Gasteiger partial charge in [0.1, 0.15) is 5.60 Å². The Bertz CT molecular complexity index is 753. The minimum Gasteiger partial charge on any atom is -0.444 e. The first-order chi connectivity index (χ1) is 14.0. The molecule has 172 valence electrons. The number of alkyl carbamates (subject to hydrolysis) is 1. The normalized spacial score (nSPS) is 12.0. The van der Waals surface area contributed by atoms with Crippen molar-refractivity contribution in [3.05, 3.63) is 29.3 Å². The third kappa shape index (κ3) is 12.2. The summed E-state index contributed by atoms with van der Waals surface area (Å²) >= 11 is 0. The Hall–Kier alpha value is -1.60. The van der Waals surface area contributed by atoms with Crippen LogP contribution in [0, 0.1) is 6.92 Å². The number of rotatable bonds is 13. The molecule has 0 aliphatic rings. The van der Waals surface area contributed by atoms with Crippen LogP contribution in [0.4, 0.5) is 4.79 Å². The highest BCUT2D eigenvalue weighted by atomic mass is 32.2. The molecule has 0 atom stereocenters. The van der Waals surface area contributed by atoms with Crippen LogP contribution in [-0.2, 0) is 21.3 Å². The molecule has 1 amide bonds. The van der Waals surface area contributed by atoms with Crippen LogP contribution in [0.3, 0.4) is 0 Å². The van der Waals surface area contributed by atoms with Crippen molar-refractivity contribution in [3.63, 3.8) is 0 Å². The van der Waals surface area contributed by atoms with Crippen molar-refractivity contribution in [2.24, 2.45) is 0 Å². The Balaban J connectivity index is 2.05. The Morgan fingerprint density at radius 3 is 2.03 bits per heavy atom. The summed E-state index contributed by atoms with van der Waals surface area (Å²) in [6, 6.07) is 5.05. The molecule has 0 unspecified atom stereocenters. The van der Waals surface area contributed by atoms with Crippen LogP contribution in [0.25, 0.3) is 0 Å². The van der Waals surface area contributed by atoms with Crippen LogP contribution in [0.15, 0.2) is 23.1 Å². The summed E-state index contributed by atoms with van der Waals surface area (Å²) in [4.78, 5) is 11.6. The van der Waals surface area contributed by atoms with E-state index in [4.69, 9.17) is 4.74 Å². The quantitative estimate of drug-likeness (QED) is 0.297. The van der Waals surface area contributed by atoms with Crippen LogP contribution in [0.1, 0.15) is 89.7 Å². The number of carbonyl (C=O) groups is 1. The first-order valence-electron chi connectivity index (χ1n) is 11.0. The third-order valence-corrected chi connectivity index (χ3v) is 5.74. The van der Waals surface area contributed by atoms with Crippen LogP contribution < -0.4 is 5.32 Å². The van der Waals surface area contributed by atoms with Gasteiger partial charge in [-0.15, -0.1) is 0 Å². The zero-order valence-corrected chi connectivity index (χ0v) is 19.8. The van der Waals surface area contributed by atoms with Gasteiger partial charge in [-0.25, -0.2) is 4.79 Å². The minimum atomic E-state index is -4.16. The van der Waals surface area contributed by atoms with Crippen molar-refractivity contribution in [2.75, 3.05) is 6.54 Å². The van der Waals surface area contributed by atoms with Gasteiger partial charge in [0.15, 0.2) is 0 Å². The summed E-state index contributed by atoms with van der Waals surface area (Å²) in [7, 11) is -4.16. The van der Waals surface area contributed by atoms with Gasteiger partial charge in [0.05, 0.1) is 4.90 Å². The number of hydrogen-bond donors (Lipinski definition) is 2. The van der Waals surface area contributed by atoms with E-state index in [0.29, 0.717) is 18.5 Å². The van der Waals surface area contributed by atoms with E-state index in [1.165, 1.54) is 25.3 Å². The molecule has 0 heterocycles. The maximum absolute atomic E-state index is 11.5. The molecule has 0 radical (unpaired) electrons. The molecule has 0 saturated heterocycles. The number of carbonyl (C=O) groups excluding carboxylic acids is 1. The minimum absolute atomic E-state index is 0.0364. The summed E-state index contributed by atoms with van der Waals surface area (Å²) < 4.78 is 37.5. The molecule has 2 N–H and O–H groups in total. The van der Waals surface area contributed by atoms with Gasteiger partial charge in [-0.1, -0.05) is 62.6 Å². The lowest BCUT2D eigenvalue weighted by atomic mass is 10.0. The van der Waals surface area contributed by atoms with E-state index in [9.17, 15) is 17.8 Å². The molecule has 1 rings (SSSR count). The zero-order valence-electron chi connectivity index (χ0n) is 19.0. The fourth-order valence-corrected chi connectivity index (χ4v) is 4.07. The Kier molecular flexibility index (Phi) is 11.4. The lowest BCUT2D eigenvalue weighted by Crippen LogP contribution is -2.32. The summed E-state index contributed by atoms with van der Waals surface area (Å²) in [5.74, 6) is 0. The van der Waals surface area contributed by atoms with Crippen molar-refractivity contribution in [1.82, 2.24) is 5.32 Å². The van der Waals surface area contributed by atoms with Crippen molar-refractivity contribution >= 4 is 16.2 Å². The molecular formula is C23H39NO5S. The highest BCUT2D eigenvalue weighted by Crippen LogP contribution is 2.20. The second-order valence-corrected chi connectivity index (χ2v) is 10.3. The first kappa shape index (κ1) is 26.4. The average Bonchev–Trinajstić information content (AvgIpc) is 2.60. The van der Waals surface area contributed by atoms with Gasteiger partial charge in [-0.3, -0.25) is 4.55 Å². The van der Waals surface area contributed by atoms with E-state index < -0.39 is 15.7 Å². The average molecular weight is 442 g/mol. The van der Waals surface area contributed by atoms with Gasteiger partial charge in [0.25, 0.3) is 10.1 Å². The summed E-state index contributed by atoms with van der Waals surface area (Å²) in [6.07, 6.45) is 10.2. The van der Waals surface area contributed by atoms with Crippen LogP contribution in [0.5, 0.6) is 0 Å². The number of ether oxygens (including phenoxy) is 1. The lowest BCUT2D eigenvalue weighted by Gasteiger charge is -2.19. The number of unbranched alkanes of at least 4 members (excludes halogenated alkanes) is 8. The number of benzene rings is 1. The second-order valence-electron chi connectivity index (χ2n) is 8.95. The van der Waals surface area contributed by atoms with Crippen LogP contribution in [-0.4, -0.2) is 31.2 Å². The highest BCUT2D eigenvalue weighted by Gasteiger charge is 2.16. The first-order valence-corrected chi connectivity index (χ1v) is 12.5. The van der Waals surface area contributed by atoms with E-state index >= 15 is 0 Å². The third-order valence-electron chi connectivity index (χ3n) is 4.79. The molecule has 6 nitrogen and oxygen atoms in total. The van der Waals surface area contributed by atoms with E-state index in [0.717, 1.165) is 44.1 Å². The summed E-state index contributed by atoms with van der Waals surface area (Å²) in [5.41, 5.74) is 1.25. The van der Waals surface area contributed by atoms with E-state index in [1.807, 2.05) is 33.8 Å². The fraction of sp³-hybridized carbons (Fsp3) is 0.696. The molecule has 0 fully saturated rings. The van der Waals surface area contributed by atoms with Crippen molar-refractivity contribution < 1.29 is 22.5 Å². The maximum Gasteiger partial charge on any atom is 0.407 e. The molecule has 0 bridgehead atoms. The van der Waals surface area contributed by atoms with Crippen molar-refractivity contribution in [1.29, 1.82) is 0 Å². The Morgan fingerprint density at radius 2 is 1.50 bits per heavy atom. The van der Waals surface area contributed by atoms with E-state index in [2.05, 4.69) is 5.32 Å². The molecule has 0 spiro atoms. The molecule has 30 heavy (non-hydrogen) atoms. The smallest absolute Gasteiger partial charge is 0.407 e. The molecule has 1 aromatic carbocycles. The molecule has 0 aliphatic carbocycles. The number of aryl methyl sites for hydroxylation is 2. The standard InChI is InChI=1S/C23H39NO5S/c1-19-15-16-21(30(26,27)28)20(18-19)14-12-10-8-6-5-7-9-11-13-17-24-22(25)29-23(2,3)4/h15-16,18H,5-14,17H2,1-4H3,(H,24,25)(H,26,27,28). The Labute approximate surface area is 182 Å². The fourth-order valence-electron chi connectivity index (χ4n) is 3.34. The Morgan fingerprint density at radius 1 is 0.967 bits per heavy atom. The van der Waals surface area contributed by atoms with Crippen molar-refractivity contribution in [3.8, 4) is 0 Å². The van der Waals surface area contributed by atoms with Crippen molar-refractivity contribution in [2.45, 2.75) is 102 Å². The summed E-state index contributed by atoms with van der Waals surface area (Å²) in [6.45, 7) is 8.13. The van der Waals surface area contributed by atoms with Gasteiger partial charge < -0.3 is 10.1 Å². The van der Waals surface area contributed by atoms with Crippen LogP contribution >= 0.6 is 0 Å². The predicted octanol–water partition coefficient (Wildman–Crippen LogP) is 5.82. The number of hydrogen-bond acceptors (Lipinski definition) is 4. The molecule has 1 aromatic rings. The number of nitrogens with one attached hydrogen (secondary N) is 1. The molecule has 0 aliphatic heterocycles. The molecule has 0 saturated carbocycles. The van der Waals surface area contributed by atoms with Gasteiger partial charge in [0, 0.05) is 6.54 Å². The van der Waals surface area contributed by atoms with Gasteiger partial charge >= 0.3 is 6.09 Å². The topological polar surface area (TPSA) is 92.7 Å². The molecular weight excluding hydrogens is 402 g/mol. The lowest BCUT2D eigenvalue weighted by molar-refractivity contribution is 0.0527. The monoisotopic (exact) mass is 441 g/mol. The second kappa shape index (κ2) is 13.0. The summed E-state index contributed by atoms with van der Waals surface area (Å²) in [5, 5.41) is 2.78. The number of amides is 1. The SMILES string of the molecule is Cc1ccc(S(=O)(=O)O)c(CCCCCCCCCCCNC(=O)OC(C)(C)C)c1. The largest absolute Gasteiger partial charge is 0.444 e. The van der Waals surface area contributed by atoms with Crippen LogP contribution in [0.2, 0.25) is 0 Å². The van der Waals surface area contributed by atoms with Gasteiger partial charge in [-0.05, 0) is 58.6 Å². The van der Waals surface area contributed by atoms with Gasteiger partial charge in [0.2, 0.25) is 0 Å². The van der Waals surface area contributed by atoms with E-state index in [1.54, 1.807) is 6.07 Å². The molecule has 7 heteroatoms. The highest BCUT2D eigenvalue weighted by molar-refractivity contribution is 7.85. The van der Waals surface area contributed by atoms with Gasteiger partial charge in [-0.2, -0.15) is 8.42 Å². The predicted molar refractivity (Wildman–Crippen MR) is 120 cm³/mol. The molecule has 0 aromatic heterocycles.